The number of nitrogens with zero attached hydrogens (tertiary/aromatic N) is 1. The molecule has 1 heterocycles. The van der Waals surface area contributed by atoms with Crippen molar-refractivity contribution in [1.82, 2.24) is 4.98 Å². The van der Waals surface area contributed by atoms with Crippen LogP contribution in [-0.2, 0) is 6.42 Å². The first-order chi connectivity index (χ1) is 7.40. The second-order valence-corrected chi connectivity index (χ2v) is 3.66. The number of benzene rings is 1. The summed E-state index contributed by atoms with van der Waals surface area (Å²) >= 11 is 0. The van der Waals surface area contributed by atoms with Crippen molar-refractivity contribution in [3.63, 3.8) is 0 Å². The predicted molar refractivity (Wildman–Crippen MR) is 61.0 cm³/mol. The third kappa shape index (κ3) is 1.14. The minimum Gasteiger partial charge on any atom is -0.481 e. The van der Waals surface area contributed by atoms with Crippen molar-refractivity contribution in [2.45, 2.75) is 6.42 Å². The average Bonchev–Trinajstić information content (AvgIpc) is 2.76. The van der Waals surface area contributed by atoms with Crippen molar-refractivity contribution in [3.8, 4) is 5.88 Å². The number of pyridine rings is 1. The van der Waals surface area contributed by atoms with E-state index in [0.29, 0.717) is 5.88 Å². The van der Waals surface area contributed by atoms with Crippen LogP contribution in [0.2, 0.25) is 0 Å². The molecule has 0 saturated heterocycles. The first-order valence-electron chi connectivity index (χ1n) is 5.01. The topological polar surface area (TPSA) is 22.1 Å². The van der Waals surface area contributed by atoms with Crippen LogP contribution in [-0.4, -0.2) is 12.1 Å². The molecule has 0 saturated carbocycles. The summed E-state index contributed by atoms with van der Waals surface area (Å²) in [4.78, 5) is 4.20. The number of rotatable bonds is 1. The Kier molecular flexibility index (Phi) is 1.75. The monoisotopic (exact) mass is 197 g/mol. The summed E-state index contributed by atoms with van der Waals surface area (Å²) in [6.07, 6.45) is 7.21. The molecule has 0 aliphatic heterocycles. The van der Waals surface area contributed by atoms with Gasteiger partial charge in [0.15, 0.2) is 0 Å². The van der Waals surface area contributed by atoms with Crippen LogP contribution < -0.4 is 4.74 Å². The summed E-state index contributed by atoms with van der Waals surface area (Å²) in [5.74, 6) is 0.704. The fourth-order valence-electron chi connectivity index (χ4n) is 2.14. The molecule has 1 aliphatic rings. The molecule has 0 bridgehead atoms. The lowest BCUT2D eigenvalue weighted by Gasteiger charge is -2.07. The van der Waals surface area contributed by atoms with Crippen LogP contribution >= 0.6 is 0 Å². The molecule has 2 nitrogen and oxygen atoms in total. The highest BCUT2D eigenvalue weighted by molar-refractivity contribution is 5.95. The van der Waals surface area contributed by atoms with Gasteiger partial charge in [-0.2, -0.15) is 0 Å². The Morgan fingerprint density at radius 3 is 3.00 bits per heavy atom. The Morgan fingerprint density at radius 2 is 2.13 bits per heavy atom. The number of aromatic nitrogens is 1. The third-order valence-corrected chi connectivity index (χ3v) is 2.86. The largest absolute Gasteiger partial charge is 0.481 e. The lowest BCUT2D eigenvalue weighted by Crippen LogP contribution is -1.91. The lowest BCUT2D eigenvalue weighted by atomic mass is 10.0. The van der Waals surface area contributed by atoms with Gasteiger partial charge >= 0.3 is 0 Å². The maximum absolute atomic E-state index is 5.25. The van der Waals surface area contributed by atoms with Gasteiger partial charge in [-0.05, 0) is 35.1 Å². The highest BCUT2D eigenvalue weighted by Crippen LogP contribution is 2.31. The van der Waals surface area contributed by atoms with Gasteiger partial charge in [0.05, 0.1) is 7.11 Å². The van der Waals surface area contributed by atoms with E-state index < -0.39 is 0 Å². The Balaban J connectivity index is 2.42. The fourth-order valence-corrected chi connectivity index (χ4v) is 2.14. The van der Waals surface area contributed by atoms with Crippen LogP contribution in [0, 0.1) is 0 Å². The molecule has 3 rings (SSSR count). The Bertz CT molecular complexity index is 558. The Labute approximate surface area is 88.2 Å². The number of hydrogen-bond acceptors (Lipinski definition) is 2. The molecule has 15 heavy (non-hydrogen) atoms. The standard InChI is InChI=1S/C13H11NO/c1-15-13-12-6-5-9-3-2-4-10(9)11(12)7-8-14-13/h2,4-8H,3H2,1H3. The summed E-state index contributed by atoms with van der Waals surface area (Å²) in [6.45, 7) is 0. The van der Waals surface area contributed by atoms with E-state index >= 15 is 0 Å². The lowest BCUT2D eigenvalue weighted by molar-refractivity contribution is 0.403. The Morgan fingerprint density at radius 1 is 1.20 bits per heavy atom. The Hall–Kier alpha value is -1.83. The van der Waals surface area contributed by atoms with Gasteiger partial charge in [-0.25, -0.2) is 4.98 Å². The van der Waals surface area contributed by atoms with Gasteiger partial charge in [-0.1, -0.05) is 18.2 Å². The van der Waals surface area contributed by atoms with Crippen LogP contribution in [0.1, 0.15) is 11.1 Å². The predicted octanol–water partition coefficient (Wildman–Crippen LogP) is 2.81. The molecule has 2 aromatic rings. The second-order valence-electron chi connectivity index (χ2n) is 3.66. The molecule has 0 fully saturated rings. The first kappa shape index (κ1) is 8.48. The maximum atomic E-state index is 5.25. The van der Waals surface area contributed by atoms with Crippen molar-refractivity contribution in [3.05, 3.63) is 41.6 Å². The van der Waals surface area contributed by atoms with E-state index in [4.69, 9.17) is 4.74 Å². The number of allylic oxidation sites excluding steroid dienone is 1. The zero-order chi connectivity index (χ0) is 10.3. The molecule has 2 heteroatoms. The van der Waals surface area contributed by atoms with Crippen LogP contribution in [0.5, 0.6) is 5.88 Å². The normalized spacial score (nSPS) is 13.1. The van der Waals surface area contributed by atoms with E-state index in [-0.39, 0.29) is 0 Å². The van der Waals surface area contributed by atoms with E-state index in [1.807, 2.05) is 6.07 Å². The summed E-state index contributed by atoms with van der Waals surface area (Å²) in [5.41, 5.74) is 2.70. The quantitative estimate of drug-likeness (QED) is 0.701. The molecule has 0 atom stereocenters. The zero-order valence-corrected chi connectivity index (χ0v) is 8.53. The van der Waals surface area contributed by atoms with Crippen molar-refractivity contribution < 1.29 is 4.74 Å². The van der Waals surface area contributed by atoms with Gasteiger partial charge < -0.3 is 4.74 Å². The molecular formula is C13H11NO. The number of hydrogen-bond donors (Lipinski definition) is 0. The zero-order valence-electron chi connectivity index (χ0n) is 8.53. The molecular weight excluding hydrogens is 186 g/mol. The number of fused-ring (bicyclic) bond motifs is 3. The minimum atomic E-state index is 0.704. The van der Waals surface area contributed by atoms with Crippen LogP contribution in [0.25, 0.3) is 16.8 Å². The van der Waals surface area contributed by atoms with E-state index in [1.165, 1.54) is 16.5 Å². The van der Waals surface area contributed by atoms with E-state index in [1.54, 1.807) is 13.3 Å². The molecule has 0 spiro atoms. The summed E-state index contributed by atoms with van der Waals surface area (Å²) in [6, 6.07) is 6.29. The molecule has 0 amide bonds. The highest BCUT2D eigenvalue weighted by Gasteiger charge is 2.11. The number of methoxy groups -OCH3 is 1. The van der Waals surface area contributed by atoms with E-state index in [9.17, 15) is 0 Å². The number of ether oxygens (including phenoxy) is 1. The molecule has 74 valence electrons. The minimum absolute atomic E-state index is 0.704. The summed E-state index contributed by atoms with van der Waals surface area (Å²) < 4.78 is 5.25. The first-order valence-corrected chi connectivity index (χ1v) is 5.01. The van der Waals surface area contributed by atoms with Gasteiger partial charge in [0.25, 0.3) is 0 Å². The fraction of sp³-hybridized carbons (Fsp3) is 0.154. The van der Waals surface area contributed by atoms with Gasteiger partial charge in [0.2, 0.25) is 5.88 Å². The maximum Gasteiger partial charge on any atom is 0.221 e. The molecule has 0 unspecified atom stereocenters. The van der Waals surface area contributed by atoms with Crippen LogP contribution in [0.15, 0.2) is 30.5 Å². The molecule has 0 radical (unpaired) electrons. The molecule has 0 N–H and O–H groups in total. The molecule has 1 aliphatic carbocycles. The van der Waals surface area contributed by atoms with Crippen molar-refractivity contribution >= 4 is 16.8 Å². The van der Waals surface area contributed by atoms with Gasteiger partial charge in [0, 0.05) is 11.6 Å². The molecule has 1 aromatic heterocycles. The third-order valence-electron chi connectivity index (χ3n) is 2.86. The van der Waals surface area contributed by atoms with Gasteiger partial charge in [0.1, 0.15) is 0 Å². The van der Waals surface area contributed by atoms with Gasteiger partial charge in [-0.3, -0.25) is 0 Å². The summed E-state index contributed by atoms with van der Waals surface area (Å²) in [7, 11) is 1.66. The van der Waals surface area contributed by atoms with Crippen molar-refractivity contribution in [1.29, 1.82) is 0 Å². The smallest absolute Gasteiger partial charge is 0.221 e. The SMILES string of the molecule is COc1nccc2c3c(ccc12)CC=C3. The summed E-state index contributed by atoms with van der Waals surface area (Å²) in [5, 5.41) is 2.32. The van der Waals surface area contributed by atoms with Crippen LogP contribution in [0.3, 0.4) is 0 Å². The van der Waals surface area contributed by atoms with Crippen LogP contribution in [0.4, 0.5) is 0 Å². The molecule has 1 aromatic carbocycles. The second kappa shape index (κ2) is 3.09. The highest BCUT2D eigenvalue weighted by atomic mass is 16.5. The van der Waals surface area contributed by atoms with Crippen molar-refractivity contribution in [2.24, 2.45) is 0 Å². The van der Waals surface area contributed by atoms with E-state index in [2.05, 4.69) is 29.3 Å². The van der Waals surface area contributed by atoms with Crippen molar-refractivity contribution in [2.75, 3.05) is 7.11 Å². The van der Waals surface area contributed by atoms with E-state index in [0.717, 1.165) is 11.8 Å². The average molecular weight is 197 g/mol. The van der Waals surface area contributed by atoms with Gasteiger partial charge in [-0.15, -0.1) is 0 Å².